The molecule has 16 heavy (non-hydrogen) atoms. The molecule has 1 aromatic carbocycles. The molecule has 0 fully saturated rings. The van der Waals surface area contributed by atoms with Crippen LogP contribution >= 0.6 is 15.9 Å². The zero-order valence-corrected chi connectivity index (χ0v) is 10.3. The SMILES string of the molecule is CC(=O)Oc1ccc2ncc(CBr)cc2c1. The number of carbonyl (C=O) groups is 1. The number of halogens is 1. The lowest BCUT2D eigenvalue weighted by Gasteiger charge is -2.03. The van der Waals surface area contributed by atoms with Gasteiger partial charge in [0.1, 0.15) is 5.75 Å². The van der Waals surface area contributed by atoms with E-state index in [1.165, 1.54) is 6.92 Å². The Morgan fingerprint density at radius 2 is 2.25 bits per heavy atom. The minimum atomic E-state index is -0.316. The molecular weight excluding hydrogens is 270 g/mol. The van der Waals surface area contributed by atoms with E-state index in [0.29, 0.717) is 5.75 Å². The Kier molecular flexibility index (Phi) is 3.19. The normalized spacial score (nSPS) is 10.4. The van der Waals surface area contributed by atoms with Gasteiger partial charge in [0.15, 0.2) is 0 Å². The van der Waals surface area contributed by atoms with E-state index in [4.69, 9.17) is 4.74 Å². The van der Waals surface area contributed by atoms with E-state index in [-0.39, 0.29) is 5.97 Å². The number of nitrogens with zero attached hydrogens (tertiary/aromatic N) is 1. The number of carbonyl (C=O) groups excluding carboxylic acids is 1. The van der Waals surface area contributed by atoms with Gasteiger partial charge in [-0.3, -0.25) is 9.78 Å². The molecule has 3 nitrogen and oxygen atoms in total. The number of aromatic nitrogens is 1. The Labute approximate surface area is 102 Å². The van der Waals surface area contributed by atoms with Gasteiger partial charge in [-0.25, -0.2) is 0 Å². The maximum atomic E-state index is 10.8. The molecule has 0 spiro atoms. The standard InChI is InChI=1S/C12H10BrNO2/c1-8(15)16-11-2-3-12-10(5-11)4-9(6-13)7-14-12/h2-5,7H,6H2,1H3. The quantitative estimate of drug-likeness (QED) is 0.482. The van der Waals surface area contributed by atoms with Crippen LogP contribution in [0, 0.1) is 0 Å². The molecule has 1 heterocycles. The van der Waals surface area contributed by atoms with Crippen molar-refractivity contribution in [3.63, 3.8) is 0 Å². The predicted molar refractivity (Wildman–Crippen MR) is 65.7 cm³/mol. The fourth-order valence-electron chi connectivity index (χ4n) is 1.46. The van der Waals surface area contributed by atoms with Crippen molar-refractivity contribution in [2.75, 3.05) is 0 Å². The van der Waals surface area contributed by atoms with Crippen molar-refractivity contribution in [1.29, 1.82) is 0 Å². The molecule has 2 aromatic rings. The summed E-state index contributed by atoms with van der Waals surface area (Å²) in [7, 11) is 0. The predicted octanol–water partition coefficient (Wildman–Crippen LogP) is 3.06. The summed E-state index contributed by atoms with van der Waals surface area (Å²) in [5, 5.41) is 1.73. The molecule has 2 rings (SSSR count). The van der Waals surface area contributed by atoms with Gasteiger partial charge in [-0.15, -0.1) is 0 Å². The Morgan fingerprint density at radius 3 is 2.94 bits per heavy atom. The second kappa shape index (κ2) is 4.61. The number of rotatable bonds is 2. The van der Waals surface area contributed by atoms with Crippen LogP contribution in [0.25, 0.3) is 10.9 Å². The molecular formula is C12H10BrNO2. The highest BCUT2D eigenvalue weighted by atomic mass is 79.9. The lowest BCUT2D eigenvalue weighted by molar-refractivity contribution is -0.131. The first kappa shape index (κ1) is 11.1. The summed E-state index contributed by atoms with van der Waals surface area (Å²) in [5.41, 5.74) is 1.98. The lowest BCUT2D eigenvalue weighted by atomic mass is 10.2. The average Bonchev–Trinajstić information content (AvgIpc) is 2.27. The van der Waals surface area contributed by atoms with Crippen molar-refractivity contribution in [3.05, 3.63) is 36.0 Å². The van der Waals surface area contributed by atoms with Crippen LogP contribution < -0.4 is 4.74 Å². The number of ether oxygens (including phenoxy) is 1. The highest BCUT2D eigenvalue weighted by Gasteiger charge is 2.02. The topological polar surface area (TPSA) is 39.2 Å². The number of hydrogen-bond donors (Lipinski definition) is 0. The van der Waals surface area contributed by atoms with Gasteiger partial charge in [0.05, 0.1) is 5.52 Å². The number of benzene rings is 1. The van der Waals surface area contributed by atoms with Crippen LogP contribution in [0.15, 0.2) is 30.5 Å². The monoisotopic (exact) mass is 279 g/mol. The van der Waals surface area contributed by atoms with E-state index in [1.54, 1.807) is 6.07 Å². The van der Waals surface area contributed by atoms with E-state index in [9.17, 15) is 4.79 Å². The molecule has 0 bridgehead atoms. The third kappa shape index (κ3) is 2.39. The molecule has 0 saturated heterocycles. The van der Waals surface area contributed by atoms with Crippen LogP contribution in [-0.2, 0) is 10.1 Å². The van der Waals surface area contributed by atoms with Crippen molar-refractivity contribution in [2.45, 2.75) is 12.3 Å². The number of fused-ring (bicyclic) bond motifs is 1. The van der Waals surface area contributed by atoms with Crippen LogP contribution in [0.3, 0.4) is 0 Å². The third-order valence-corrected chi connectivity index (χ3v) is 2.77. The Morgan fingerprint density at radius 1 is 1.44 bits per heavy atom. The first-order valence-electron chi connectivity index (χ1n) is 4.82. The van der Waals surface area contributed by atoms with Crippen molar-refractivity contribution < 1.29 is 9.53 Å². The maximum absolute atomic E-state index is 10.8. The van der Waals surface area contributed by atoms with E-state index >= 15 is 0 Å². The molecule has 0 atom stereocenters. The number of pyridine rings is 1. The van der Waals surface area contributed by atoms with Crippen molar-refractivity contribution >= 4 is 32.8 Å². The second-order valence-electron chi connectivity index (χ2n) is 3.43. The minimum Gasteiger partial charge on any atom is -0.427 e. The van der Waals surface area contributed by atoms with Gasteiger partial charge in [-0.2, -0.15) is 0 Å². The third-order valence-electron chi connectivity index (χ3n) is 2.13. The van der Waals surface area contributed by atoms with E-state index < -0.39 is 0 Å². The van der Waals surface area contributed by atoms with Gasteiger partial charge in [-0.1, -0.05) is 15.9 Å². The van der Waals surface area contributed by atoms with Gasteiger partial charge in [0.2, 0.25) is 0 Å². The van der Waals surface area contributed by atoms with Crippen molar-refractivity contribution in [1.82, 2.24) is 4.98 Å². The molecule has 0 aliphatic heterocycles. The average molecular weight is 280 g/mol. The molecule has 0 aliphatic carbocycles. The van der Waals surface area contributed by atoms with Gasteiger partial charge in [0.25, 0.3) is 0 Å². The van der Waals surface area contributed by atoms with Gasteiger partial charge < -0.3 is 4.74 Å². The number of hydrogen-bond acceptors (Lipinski definition) is 3. The molecule has 0 radical (unpaired) electrons. The van der Waals surface area contributed by atoms with Crippen LogP contribution in [-0.4, -0.2) is 11.0 Å². The van der Waals surface area contributed by atoms with E-state index in [0.717, 1.165) is 21.8 Å². The summed E-state index contributed by atoms with van der Waals surface area (Å²) in [5.74, 6) is 0.234. The fourth-order valence-corrected chi connectivity index (χ4v) is 1.76. The zero-order chi connectivity index (χ0) is 11.5. The molecule has 1 aromatic heterocycles. The van der Waals surface area contributed by atoms with Crippen LogP contribution in [0.5, 0.6) is 5.75 Å². The largest absolute Gasteiger partial charge is 0.427 e. The highest BCUT2D eigenvalue weighted by Crippen LogP contribution is 2.21. The molecule has 0 saturated carbocycles. The summed E-state index contributed by atoms with van der Waals surface area (Å²) in [4.78, 5) is 15.1. The Balaban J connectivity index is 2.46. The molecule has 82 valence electrons. The molecule has 0 amide bonds. The summed E-state index contributed by atoms with van der Waals surface area (Å²) >= 11 is 3.38. The summed E-state index contributed by atoms with van der Waals surface area (Å²) in [6.07, 6.45) is 1.82. The Hall–Kier alpha value is -1.42. The minimum absolute atomic E-state index is 0.316. The number of alkyl halides is 1. The van der Waals surface area contributed by atoms with Crippen molar-refractivity contribution in [2.24, 2.45) is 0 Å². The van der Waals surface area contributed by atoms with E-state index in [1.807, 2.05) is 24.4 Å². The number of esters is 1. The van der Waals surface area contributed by atoms with Gasteiger partial charge in [-0.05, 0) is 29.8 Å². The maximum Gasteiger partial charge on any atom is 0.308 e. The Bertz CT molecular complexity index is 540. The van der Waals surface area contributed by atoms with Gasteiger partial charge in [0, 0.05) is 23.8 Å². The first-order valence-corrected chi connectivity index (χ1v) is 5.94. The van der Waals surface area contributed by atoms with Crippen LogP contribution in [0.4, 0.5) is 0 Å². The zero-order valence-electron chi connectivity index (χ0n) is 8.74. The van der Waals surface area contributed by atoms with E-state index in [2.05, 4.69) is 20.9 Å². The summed E-state index contributed by atoms with van der Waals surface area (Å²) in [6, 6.07) is 7.41. The molecule has 0 aliphatic rings. The van der Waals surface area contributed by atoms with Crippen LogP contribution in [0.1, 0.15) is 12.5 Å². The summed E-state index contributed by atoms with van der Waals surface area (Å²) < 4.78 is 5.02. The molecule has 0 N–H and O–H groups in total. The lowest BCUT2D eigenvalue weighted by Crippen LogP contribution is -2.01. The first-order chi connectivity index (χ1) is 7.69. The molecule has 4 heteroatoms. The fraction of sp³-hybridized carbons (Fsp3) is 0.167. The molecule has 0 unspecified atom stereocenters. The smallest absolute Gasteiger partial charge is 0.308 e. The summed E-state index contributed by atoms with van der Waals surface area (Å²) in [6.45, 7) is 1.39. The van der Waals surface area contributed by atoms with Crippen LogP contribution in [0.2, 0.25) is 0 Å². The highest BCUT2D eigenvalue weighted by molar-refractivity contribution is 9.08. The second-order valence-corrected chi connectivity index (χ2v) is 3.99. The van der Waals surface area contributed by atoms with Gasteiger partial charge >= 0.3 is 5.97 Å². The van der Waals surface area contributed by atoms with Crippen molar-refractivity contribution in [3.8, 4) is 5.75 Å².